The Bertz CT molecular complexity index is 698. The Balaban J connectivity index is 1.61. The van der Waals surface area contributed by atoms with E-state index in [0.29, 0.717) is 36.2 Å². The number of likely N-dealkylation sites (tertiary alicyclic amines) is 1. The molecule has 0 spiro atoms. The van der Waals surface area contributed by atoms with Gasteiger partial charge in [0.25, 0.3) is 0 Å². The van der Waals surface area contributed by atoms with Gasteiger partial charge in [-0.15, -0.1) is 0 Å². The minimum absolute atomic E-state index is 0.165. The van der Waals surface area contributed by atoms with Crippen molar-refractivity contribution in [3.63, 3.8) is 0 Å². The Labute approximate surface area is 141 Å². The van der Waals surface area contributed by atoms with Crippen LogP contribution in [0.5, 0.6) is 5.75 Å². The first-order valence-electron chi connectivity index (χ1n) is 8.41. The van der Waals surface area contributed by atoms with Crippen molar-refractivity contribution in [2.24, 2.45) is 5.92 Å². The number of methoxy groups -OCH3 is 1. The lowest BCUT2D eigenvalue weighted by atomic mass is 10.00. The molecule has 128 valence electrons. The Morgan fingerprint density at radius 3 is 3.04 bits per heavy atom. The number of carbonyl (C=O) groups excluding carboxylic acids is 1. The van der Waals surface area contributed by atoms with Gasteiger partial charge in [-0.2, -0.15) is 4.98 Å². The first kappa shape index (κ1) is 16.5. The van der Waals surface area contributed by atoms with Crippen molar-refractivity contribution in [3.8, 4) is 17.1 Å². The molecule has 24 heavy (non-hydrogen) atoms. The van der Waals surface area contributed by atoms with Gasteiger partial charge in [0.05, 0.1) is 12.7 Å². The normalized spacial score (nSPS) is 17.8. The highest BCUT2D eigenvalue weighted by Gasteiger charge is 2.21. The Morgan fingerprint density at radius 2 is 2.25 bits per heavy atom. The van der Waals surface area contributed by atoms with Crippen molar-refractivity contribution in [2.45, 2.75) is 32.6 Å². The standard InChI is InChI=1S/C18H23N3O3/c1-13-6-5-11-21(12-13)17(22)10-9-16-19-18(20-24-16)14-7-3-4-8-15(14)23-2/h3-4,7-8,13H,5-6,9-12H2,1-2H3. The third-order valence-electron chi connectivity index (χ3n) is 4.38. The van der Waals surface area contributed by atoms with Crippen LogP contribution in [0, 0.1) is 5.92 Å². The number of benzene rings is 1. The molecule has 0 bridgehead atoms. The fraction of sp³-hybridized carbons (Fsp3) is 0.500. The zero-order chi connectivity index (χ0) is 16.9. The van der Waals surface area contributed by atoms with E-state index in [1.165, 1.54) is 6.42 Å². The minimum Gasteiger partial charge on any atom is -0.496 e. The number of rotatable bonds is 5. The molecular formula is C18H23N3O3. The molecule has 2 heterocycles. The lowest BCUT2D eigenvalue weighted by Crippen LogP contribution is -2.39. The van der Waals surface area contributed by atoms with E-state index < -0.39 is 0 Å². The van der Waals surface area contributed by atoms with Gasteiger partial charge in [0, 0.05) is 25.9 Å². The van der Waals surface area contributed by atoms with Gasteiger partial charge in [-0.3, -0.25) is 4.79 Å². The zero-order valence-corrected chi connectivity index (χ0v) is 14.2. The van der Waals surface area contributed by atoms with E-state index in [1.54, 1.807) is 7.11 Å². The number of aryl methyl sites for hydroxylation is 1. The van der Waals surface area contributed by atoms with Crippen LogP contribution < -0.4 is 4.74 Å². The summed E-state index contributed by atoms with van der Waals surface area (Å²) < 4.78 is 10.6. The summed E-state index contributed by atoms with van der Waals surface area (Å²) in [4.78, 5) is 18.7. The van der Waals surface area contributed by atoms with Crippen LogP contribution in [0.15, 0.2) is 28.8 Å². The third kappa shape index (κ3) is 3.75. The molecule has 1 aliphatic rings. The molecule has 3 rings (SSSR count). The summed E-state index contributed by atoms with van der Waals surface area (Å²) in [6.45, 7) is 3.91. The van der Waals surface area contributed by atoms with Crippen LogP contribution in [-0.4, -0.2) is 41.1 Å². The molecule has 1 atom stereocenters. The molecule has 1 saturated heterocycles. The quantitative estimate of drug-likeness (QED) is 0.843. The predicted molar refractivity (Wildman–Crippen MR) is 89.6 cm³/mol. The van der Waals surface area contributed by atoms with Crippen molar-refractivity contribution in [1.29, 1.82) is 0 Å². The number of nitrogens with zero attached hydrogens (tertiary/aromatic N) is 3. The number of hydrogen-bond donors (Lipinski definition) is 0. The SMILES string of the molecule is COc1ccccc1-c1noc(CCC(=O)N2CCCC(C)C2)n1. The molecule has 1 aromatic carbocycles. The Kier molecular flexibility index (Phi) is 5.13. The van der Waals surface area contributed by atoms with Gasteiger partial charge >= 0.3 is 0 Å². The number of hydrogen-bond acceptors (Lipinski definition) is 5. The van der Waals surface area contributed by atoms with E-state index in [2.05, 4.69) is 17.1 Å². The summed E-state index contributed by atoms with van der Waals surface area (Å²) in [5.74, 6) is 2.42. The minimum atomic E-state index is 0.165. The molecule has 1 aliphatic heterocycles. The highest BCUT2D eigenvalue weighted by atomic mass is 16.5. The van der Waals surface area contributed by atoms with E-state index in [9.17, 15) is 4.79 Å². The average molecular weight is 329 g/mol. The molecule has 0 saturated carbocycles. The summed E-state index contributed by atoms with van der Waals surface area (Å²) in [5, 5.41) is 4.01. The van der Waals surface area contributed by atoms with Crippen LogP contribution >= 0.6 is 0 Å². The number of piperidine rings is 1. The largest absolute Gasteiger partial charge is 0.496 e. The van der Waals surface area contributed by atoms with Crippen LogP contribution in [-0.2, 0) is 11.2 Å². The van der Waals surface area contributed by atoms with Crippen molar-refractivity contribution < 1.29 is 14.1 Å². The maximum Gasteiger partial charge on any atom is 0.227 e. The fourth-order valence-electron chi connectivity index (χ4n) is 3.08. The first-order chi connectivity index (χ1) is 11.7. The molecule has 1 amide bonds. The maximum absolute atomic E-state index is 12.3. The molecule has 0 N–H and O–H groups in total. The fourth-order valence-corrected chi connectivity index (χ4v) is 3.08. The van der Waals surface area contributed by atoms with Gasteiger partial charge in [0.2, 0.25) is 17.6 Å². The smallest absolute Gasteiger partial charge is 0.227 e. The highest BCUT2D eigenvalue weighted by molar-refractivity contribution is 5.76. The van der Waals surface area contributed by atoms with Crippen LogP contribution in [0.2, 0.25) is 0 Å². The van der Waals surface area contributed by atoms with Crippen LogP contribution in [0.1, 0.15) is 32.1 Å². The van der Waals surface area contributed by atoms with E-state index in [4.69, 9.17) is 9.26 Å². The van der Waals surface area contributed by atoms with E-state index in [-0.39, 0.29) is 5.91 Å². The van der Waals surface area contributed by atoms with Crippen LogP contribution in [0.25, 0.3) is 11.4 Å². The molecule has 6 nitrogen and oxygen atoms in total. The lowest BCUT2D eigenvalue weighted by molar-refractivity contribution is -0.132. The number of carbonyl (C=O) groups is 1. The summed E-state index contributed by atoms with van der Waals surface area (Å²) in [6, 6.07) is 7.52. The highest BCUT2D eigenvalue weighted by Crippen LogP contribution is 2.27. The Hall–Kier alpha value is -2.37. The van der Waals surface area contributed by atoms with Crippen molar-refractivity contribution >= 4 is 5.91 Å². The molecule has 2 aromatic rings. The van der Waals surface area contributed by atoms with Gasteiger partial charge in [0.15, 0.2) is 0 Å². The van der Waals surface area contributed by atoms with E-state index >= 15 is 0 Å². The van der Waals surface area contributed by atoms with E-state index in [1.807, 2.05) is 29.2 Å². The van der Waals surface area contributed by atoms with Crippen LogP contribution in [0.3, 0.4) is 0 Å². The molecule has 0 radical (unpaired) electrons. The van der Waals surface area contributed by atoms with Crippen molar-refractivity contribution in [2.75, 3.05) is 20.2 Å². The Morgan fingerprint density at radius 1 is 1.42 bits per heavy atom. The zero-order valence-electron chi connectivity index (χ0n) is 14.2. The molecule has 1 fully saturated rings. The van der Waals surface area contributed by atoms with E-state index in [0.717, 1.165) is 25.1 Å². The number of aromatic nitrogens is 2. The van der Waals surface area contributed by atoms with Gasteiger partial charge in [-0.1, -0.05) is 24.2 Å². The number of ether oxygens (including phenoxy) is 1. The lowest BCUT2D eigenvalue weighted by Gasteiger charge is -2.30. The third-order valence-corrected chi connectivity index (χ3v) is 4.38. The monoisotopic (exact) mass is 329 g/mol. The molecule has 0 aliphatic carbocycles. The van der Waals surface area contributed by atoms with Gasteiger partial charge in [0.1, 0.15) is 5.75 Å². The van der Waals surface area contributed by atoms with Crippen molar-refractivity contribution in [3.05, 3.63) is 30.2 Å². The van der Waals surface area contributed by atoms with Crippen molar-refractivity contribution in [1.82, 2.24) is 15.0 Å². The molecule has 6 heteroatoms. The topological polar surface area (TPSA) is 68.5 Å². The van der Waals surface area contributed by atoms with Gasteiger partial charge < -0.3 is 14.2 Å². The molecular weight excluding hydrogens is 306 g/mol. The second-order valence-corrected chi connectivity index (χ2v) is 6.30. The van der Waals surface area contributed by atoms with Crippen LogP contribution in [0.4, 0.5) is 0 Å². The average Bonchev–Trinajstić information content (AvgIpc) is 3.08. The number of amides is 1. The summed E-state index contributed by atoms with van der Waals surface area (Å²) in [7, 11) is 1.61. The number of para-hydroxylation sites is 1. The first-order valence-corrected chi connectivity index (χ1v) is 8.41. The molecule has 1 unspecified atom stereocenters. The predicted octanol–water partition coefficient (Wildman–Crippen LogP) is 2.94. The summed E-state index contributed by atoms with van der Waals surface area (Å²) in [5.41, 5.74) is 0.784. The van der Waals surface area contributed by atoms with Gasteiger partial charge in [-0.05, 0) is 30.9 Å². The van der Waals surface area contributed by atoms with Gasteiger partial charge in [-0.25, -0.2) is 0 Å². The summed E-state index contributed by atoms with van der Waals surface area (Å²) in [6.07, 6.45) is 3.16. The second-order valence-electron chi connectivity index (χ2n) is 6.30. The molecule has 1 aromatic heterocycles. The second kappa shape index (κ2) is 7.47. The summed E-state index contributed by atoms with van der Waals surface area (Å²) >= 11 is 0. The maximum atomic E-state index is 12.3.